The summed E-state index contributed by atoms with van der Waals surface area (Å²) in [4.78, 5) is 23.3. The highest BCUT2D eigenvalue weighted by Gasteiger charge is 2.10. The number of esters is 2. The molecule has 0 saturated heterocycles. The zero-order valence-corrected chi connectivity index (χ0v) is 13.2. The van der Waals surface area contributed by atoms with Gasteiger partial charge in [-0.3, -0.25) is 9.59 Å². The lowest BCUT2D eigenvalue weighted by Gasteiger charge is -2.04. The van der Waals surface area contributed by atoms with Crippen molar-refractivity contribution in [2.45, 2.75) is 38.5 Å². The Kier molecular flexibility index (Phi) is 7.05. The quantitative estimate of drug-likeness (QED) is 0.544. The molecule has 0 heterocycles. The van der Waals surface area contributed by atoms with Gasteiger partial charge in [0.05, 0.1) is 0 Å². The third-order valence-corrected chi connectivity index (χ3v) is 3.61. The van der Waals surface area contributed by atoms with E-state index in [2.05, 4.69) is 0 Å². The fourth-order valence-electron chi connectivity index (χ4n) is 2.39. The zero-order valence-electron chi connectivity index (χ0n) is 13.2. The molecule has 0 fully saturated rings. The Morgan fingerprint density at radius 1 is 0.652 bits per heavy atom. The van der Waals surface area contributed by atoms with Crippen molar-refractivity contribution in [2.24, 2.45) is 0 Å². The fourth-order valence-corrected chi connectivity index (χ4v) is 2.39. The van der Waals surface area contributed by atoms with Gasteiger partial charge in [-0.2, -0.15) is 0 Å². The number of hydrogen-bond donors (Lipinski definition) is 0. The molecule has 0 radical (unpaired) electrons. The molecule has 2 aromatic carbocycles. The van der Waals surface area contributed by atoms with E-state index in [1.54, 1.807) is 0 Å². The van der Waals surface area contributed by atoms with Crippen LogP contribution in [0.2, 0.25) is 0 Å². The highest BCUT2D eigenvalue weighted by molar-refractivity contribution is 5.85. The van der Waals surface area contributed by atoms with Crippen LogP contribution in [0, 0.1) is 0 Å². The molecule has 0 unspecified atom stereocenters. The largest absolute Gasteiger partial charge is 0.393 e. The number of carbonyl (C=O) groups is 2. The van der Waals surface area contributed by atoms with Crippen molar-refractivity contribution < 1.29 is 14.3 Å². The van der Waals surface area contributed by atoms with Crippen molar-refractivity contribution >= 4 is 11.9 Å². The first kappa shape index (κ1) is 16.9. The van der Waals surface area contributed by atoms with E-state index in [0.717, 1.165) is 12.8 Å². The van der Waals surface area contributed by atoms with Crippen molar-refractivity contribution in [3.8, 4) is 0 Å². The number of aryl methyl sites for hydroxylation is 2. The summed E-state index contributed by atoms with van der Waals surface area (Å²) >= 11 is 0. The predicted octanol–water partition coefficient (Wildman–Crippen LogP) is 4.10. The van der Waals surface area contributed by atoms with Crippen molar-refractivity contribution in [1.82, 2.24) is 0 Å². The van der Waals surface area contributed by atoms with Gasteiger partial charge in [0, 0.05) is 12.8 Å². The van der Waals surface area contributed by atoms with E-state index in [9.17, 15) is 9.59 Å². The summed E-state index contributed by atoms with van der Waals surface area (Å²) in [5, 5.41) is 0. The topological polar surface area (TPSA) is 43.4 Å². The van der Waals surface area contributed by atoms with E-state index < -0.39 is 11.9 Å². The van der Waals surface area contributed by atoms with Crippen molar-refractivity contribution in [1.29, 1.82) is 0 Å². The van der Waals surface area contributed by atoms with Crippen LogP contribution in [0.3, 0.4) is 0 Å². The van der Waals surface area contributed by atoms with Crippen LogP contribution in [-0.2, 0) is 27.2 Å². The van der Waals surface area contributed by atoms with Gasteiger partial charge in [-0.15, -0.1) is 0 Å². The molecule has 2 aromatic rings. The molecule has 0 bridgehead atoms. The maximum Gasteiger partial charge on any atom is 0.313 e. The molecule has 0 N–H and O–H groups in total. The van der Waals surface area contributed by atoms with Gasteiger partial charge < -0.3 is 4.74 Å². The van der Waals surface area contributed by atoms with Crippen LogP contribution in [0.4, 0.5) is 0 Å². The molecule has 120 valence electrons. The van der Waals surface area contributed by atoms with E-state index in [4.69, 9.17) is 4.74 Å². The fraction of sp³-hybridized carbons (Fsp3) is 0.300. The van der Waals surface area contributed by atoms with Crippen molar-refractivity contribution in [2.75, 3.05) is 0 Å². The lowest BCUT2D eigenvalue weighted by molar-refractivity contribution is -0.159. The third-order valence-electron chi connectivity index (χ3n) is 3.61. The van der Waals surface area contributed by atoms with Gasteiger partial charge in [-0.1, -0.05) is 60.7 Å². The summed E-state index contributed by atoms with van der Waals surface area (Å²) in [6.07, 6.45) is 3.58. The maximum atomic E-state index is 11.6. The van der Waals surface area contributed by atoms with Gasteiger partial charge in [0.15, 0.2) is 0 Å². The van der Waals surface area contributed by atoms with Gasteiger partial charge in [-0.25, -0.2) is 0 Å². The second-order valence-corrected chi connectivity index (χ2v) is 5.52. The highest BCUT2D eigenvalue weighted by atomic mass is 16.6. The molecule has 0 amide bonds. The molecule has 0 aliphatic rings. The lowest BCUT2D eigenvalue weighted by Crippen LogP contribution is -2.12. The summed E-state index contributed by atoms with van der Waals surface area (Å²) in [7, 11) is 0. The van der Waals surface area contributed by atoms with Crippen LogP contribution in [-0.4, -0.2) is 11.9 Å². The second-order valence-electron chi connectivity index (χ2n) is 5.52. The summed E-state index contributed by atoms with van der Waals surface area (Å²) < 4.78 is 4.85. The standard InChI is InChI=1S/C20H22O3/c21-19(15-7-13-17-9-3-1-4-10-17)23-20(22)16-8-14-18-11-5-2-6-12-18/h1-6,9-12H,7-8,13-16H2. The SMILES string of the molecule is O=C(CCCc1ccccc1)OC(=O)CCCc1ccccc1. The maximum absolute atomic E-state index is 11.6. The van der Waals surface area contributed by atoms with Crippen LogP contribution in [0.15, 0.2) is 60.7 Å². The van der Waals surface area contributed by atoms with Crippen molar-refractivity contribution in [3.05, 3.63) is 71.8 Å². The number of rotatable bonds is 8. The van der Waals surface area contributed by atoms with Gasteiger partial charge in [0.1, 0.15) is 0 Å². The average molecular weight is 310 g/mol. The van der Waals surface area contributed by atoms with Crippen LogP contribution < -0.4 is 0 Å². The number of ether oxygens (including phenoxy) is 1. The Hall–Kier alpha value is -2.42. The summed E-state index contributed by atoms with van der Waals surface area (Å²) in [6, 6.07) is 19.9. The molecule has 2 rings (SSSR count). The first-order chi connectivity index (χ1) is 11.2. The van der Waals surface area contributed by atoms with Gasteiger partial charge >= 0.3 is 11.9 Å². The van der Waals surface area contributed by atoms with Crippen LogP contribution in [0.1, 0.15) is 36.8 Å². The Morgan fingerprint density at radius 2 is 1.04 bits per heavy atom. The Balaban J connectivity index is 1.58. The molecule has 3 heteroatoms. The monoisotopic (exact) mass is 310 g/mol. The van der Waals surface area contributed by atoms with Gasteiger partial charge in [-0.05, 0) is 36.8 Å². The Labute approximate surface area is 137 Å². The number of carbonyl (C=O) groups excluding carboxylic acids is 2. The molecular formula is C20H22O3. The zero-order chi connectivity index (χ0) is 16.3. The van der Waals surface area contributed by atoms with E-state index >= 15 is 0 Å². The van der Waals surface area contributed by atoms with Gasteiger partial charge in [0.25, 0.3) is 0 Å². The van der Waals surface area contributed by atoms with Crippen LogP contribution in [0.25, 0.3) is 0 Å². The minimum Gasteiger partial charge on any atom is -0.393 e. The molecule has 23 heavy (non-hydrogen) atoms. The molecule has 0 saturated carbocycles. The minimum atomic E-state index is -0.425. The third kappa shape index (κ3) is 6.92. The molecule has 0 spiro atoms. The molecular weight excluding hydrogens is 288 g/mol. The normalized spacial score (nSPS) is 10.3. The smallest absolute Gasteiger partial charge is 0.313 e. The average Bonchev–Trinajstić information content (AvgIpc) is 2.57. The molecule has 0 atom stereocenters. The van der Waals surface area contributed by atoms with E-state index in [1.807, 2.05) is 60.7 Å². The van der Waals surface area contributed by atoms with E-state index in [0.29, 0.717) is 12.8 Å². The highest BCUT2D eigenvalue weighted by Crippen LogP contribution is 2.07. The molecule has 0 aliphatic heterocycles. The lowest BCUT2D eigenvalue weighted by atomic mass is 10.1. The Morgan fingerprint density at radius 3 is 1.43 bits per heavy atom. The van der Waals surface area contributed by atoms with E-state index in [-0.39, 0.29) is 12.8 Å². The van der Waals surface area contributed by atoms with Crippen molar-refractivity contribution in [3.63, 3.8) is 0 Å². The molecule has 3 nitrogen and oxygen atoms in total. The van der Waals surface area contributed by atoms with Crippen LogP contribution in [0.5, 0.6) is 0 Å². The molecule has 0 aromatic heterocycles. The summed E-state index contributed by atoms with van der Waals surface area (Å²) in [5.41, 5.74) is 2.38. The number of benzene rings is 2. The molecule has 0 aliphatic carbocycles. The predicted molar refractivity (Wildman–Crippen MR) is 89.9 cm³/mol. The minimum absolute atomic E-state index is 0.277. The number of hydrogen-bond acceptors (Lipinski definition) is 3. The van der Waals surface area contributed by atoms with Gasteiger partial charge in [0.2, 0.25) is 0 Å². The first-order valence-corrected chi connectivity index (χ1v) is 8.05. The summed E-state index contributed by atoms with van der Waals surface area (Å²) in [6.45, 7) is 0. The first-order valence-electron chi connectivity index (χ1n) is 8.05. The summed E-state index contributed by atoms with van der Waals surface area (Å²) in [5.74, 6) is -0.851. The van der Waals surface area contributed by atoms with Crippen LogP contribution >= 0.6 is 0 Å². The Bertz CT molecular complexity index is 550. The second kappa shape index (κ2) is 9.57. The van der Waals surface area contributed by atoms with E-state index in [1.165, 1.54) is 11.1 Å².